The molecule has 0 aromatic heterocycles. The molecular formula is C21H25NO4S. The Balaban J connectivity index is 1.70. The topological polar surface area (TPSA) is 55.8 Å². The fourth-order valence-corrected chi connectivity index (χ4v) is 5.85. The minimum absolute atomic E-state index is 0.174. The zero-order valence-electron chi connectivity index (χ0n) is 15.8. The van der Waals surface area contributed by atoms with Gasteiger partial charge < -0.3 is 9.47 Å². The summed E-state index contributed by atoms with van der Waals surface area (Å²) < 4.78 is 40.0. The zero-order valence-corrected chi connectivity index (χ0v) is 16.6. The molecule has 144 valence electrons. The molecule has 0 N–H and O–H groups in total. The third-order valence-electron chi connectivity index (χ3n) is 5.29. The normalized spacial score (nSPS) is 20.4. The van der Waals surface area contributed by atoms with Gasteiger partial charge in [0, 0.05) is 13.0 Å². The molecule has 1 fully saturated rings. The first-order valence-corrected chi connectivity index (χ1v) is 10.9. The standard InChI is InChI=1S/C21H25NO4S/c1-15-6-7-16(2)21(13-15)27(23,24)22-10-3-5-18(22)17-8-9-19-20(14-17)26-12-4-11-25-19/h6-9,13-14,18H,3-5,10-12H2,1-2H3/t18-/m1/s1. The molecule has 1 atom stereocenters. The van der Waals surface area contributed by atoms with Crippen LogP contribution in [0, 0.1) is 13.8 Å². The quantitative estimate of drug-likeness (QED) is 0.799. The summed E-state index contributed by atoms with van der Waals surface area (Å²) in [6.45, 7) is 5.57. The van der Waals surface area contributed by atoms with Crippen LogP contribution in [0.3, 0.4) is 0 Å². The molecule has 0 unspecified atom stereocenters. The lowest BCUT2D eigenvalue weighted by Crippen LogP contribution is -2.31. The van der Waals surface area contributed by atoms with E-state index < -0.39 is 10.0 Å². The largest absolute Gasteiger partial charge is 0.490 e. The monoisotopic (exact) mass is 387 g/mol. The van der Waals surface area contributed by atoms with Crippen LogP contribution in [0.2, 0.25) is 0 Å². The Bertz CT molecular complexity index is 955. The molecule has 1 saturated heterocycles. The Kier molecular flexibility index (Phi) is 4.86. The van der Waals surface area contributed by atoms with Gasteiger partial charge in [-0.05, 0) is 61.6 Å². The van der Waals surface area contributed by atoms with Gasteiger partial charge in [-0.25, -0.2) is 8.42 Å². The highest BCUT2D eigenvalue weighted by Crippen LogP contribution is 2.40. The minimum atomic E-state index is -3.56. The highest BCUT2D eigenvalue weighted by molar-refractivity contribution is 7.89. The fourth-order valence-electron chi connectivity index (χ4n) is 3.86. The van der Waals surface area contributed by atoms with Crippen molar-refractivity contribution in [3.05, 3.63) is 53.1 Å². The smallest absolute Gasteiger partial charge is 0.243 e. The molecule has 27 heavy (non-hydrogen) atoms. The minimum Gasteiger partial charge on any atom is -0.490 e. The number of hydrogen-bond acceptors (Lipinski definition) is 4. The summed E-state index contributed by atoms with van der Waals surface area (Å²) in [5.74, 6) is 1.44. The van der Waals surface area contributed by atoms with Crippen molar-refractivity contribution >= 4 is 10.0 Å². The molecule has 2 aliphatic heterocycles. The van der Waals surface area contributed by atoms with Crippen LogP contribution in [0.25, 0.3) is 0 Å². The lowest BCUT2D eigenvalue weighted by molar-refractivity contribution is 0.296. The third-order valence-corrected chi connectivity index (χ3v) is 7.34. The van der Waals surface area contributed by atoms with Crippen LogP contribution < -0.4 is 9.47 Å². The van der Waals surface area contributed by atoms with E-state index in [0.29, 0.717) is 30.4 Å². The van der Waals surface area contributed by atoms with Gasteiger partial charge in [0.05, 0.1) is 24.2 Å². The third kappa shape index (κ3) is 3.44. The first-order chi connectivity index (χ1) is 13.0. The van der Waals surface area contributed by atoms with Crippen molar-refractivity contribution in [1.29, 1.82) is 0 Å². The summed E-state index contributed by atoms with van der Waals surface area (Å²) in [5.41, 5.74) is 2.70. The predicted octanol–water partition coefficient (Wildman–Crippen LogP) is 3.99. The molecule has 2 aromatic carbocycles. The van der Waals surface area contributed by atoms with Gasteiger partial charge in [0.25, 0.3) is 0 Å². The van der Waals surface area contributed by atoms with Crippen molar-refractivity contribution in [3.63, 3.8) is 0 Å². The van der Waals surface area contributed by atoms with E-state index in [9.17, 15) is 8.42 Å². The molecule has 6 heteroatoms. The number of ether oxygens (including phenoxy) is 2. The highest BCUT2D eigenvalue weighted by atomic mass is 32.2. The number of benzene rings is 2. The lowest BCUT2D eigenvalue weighted by Gasteiger charge is -2.26. The van der Waals surface area contributed by atoms with Gasteiger partial charge in [-0.15, -0.1) is 0 Å². The van der Waals surface area contributed by atoms with Gasteiger partial charge >= 0.3 is 0 Å². The molecule has 0 amide bonds. The summed E-state index contributed by atoms with van der Waals surface area (Å²) in [7, 11) is -3.56. The number of fused-ring (bicyclic) bond motifs is 1. The van der Waals surface area contributed by atoms with Crippen LogP contribution in [-0.4, -0.2) is 32.5 Å². The Labute approximate surface area is 161 Å². The molecule has 2 aromatic rings. The van der Waals surface area contributed by atoms with E-state index in [1.165, 1.54) is 0 Å². The Hall–Kier alpha value is -2.05. The summed E-state index contributed by atoms with van der Waals surface area (Å²) in [4.78, 5) is 0.406. The number of aryl methyl sites for hydroxylation is 2. The first kappa shape index (κ1) is 18.3. The van der Waals surface area contributed by atoms with Crippen molar-refractivity contribution in [2.24, 2.45) is 0 Å². The Morgan fingerprint density at radius 2 is 1.74 bits per heavy atom. The molecule has 0 spiro atoms. The van der Waals surface area contributed by atoms with Crippen LogP contribution in [-0.2, 0) is 10.0 Å². The zero-order chi connectivity index (χ0) is 19.0. The maximum atomic E-state index is 13.4. The fraction of sp³-hybridized carbons (Fsp3) is 0.429. The number of rotatable bonds is 3. The first-order valence-electron chi connectivity index (χ1n) is 9.45. The van der Waals surface area contributed by atoms with E-state index in [1.807, 2.05) is 44.2 Å². The molecule has 5 nitrogen and oxygen atoms in total. The second kappa shape index (κ2) is 7.17. The highest BCUT2D eigenvalue weighted by Gasteiger charge is 2.37. The van der Waals surface area contributed by atoms with Crippen molar-refractivity contribution in [1.82, 2.24) is 4.31 Å². The van der Waals surface area contributed by atoms with Crippen molar-refractivity contribution in [3.8, 4) is 11.5 Å². The van der Waals surface area contributed by atoms with Crippen LogP contribution >= 0.6 is 0 Å². The molecule has 2 heterocycles. The van der Waals surface area contributed by atoms with Gasteiger partial charge in [-0.3, -0.25) is 0 Å². The molecule has 4 rings (SSSR count). The second-order valence-electron chi connectivity index (χ2n) is 7.30. The average molecular weight is 388 g/mol. The molecule has 2 aliphatic rings. The molecular weight excluding hydrogens is 362 g/mol. The van der Waals surface area contributed by atoms with Crippen molar-refractivity contribution < 1.29 is 17.9 Å². The molecule has 0 saturated carbocycles. The Morgan fingerprint density at radius 3 is 2.56 bits per heavy atom. The number of sulfonamides is 1. The van der Waals surface area contributed by atoms with E-state index in [-0.39, 0.29) is 6.04 Å². The Morgan fingerprint density at radius 1 is 0.963 bits per heavy atom. The van der Waals surface area contributed by atoms with Crippen LogP contribution in [0.5, 0.6) is 11.5 Å². The summed E-state index contributed by atoms with van der Waals surface area (Å²) in [6, 6.07) is 11.2. The van der Waals surface area contributed by atoms with E-state index in [4.69, 9.17) is 9.47 Å². The molecule has 0 aliphatic carbocycles. The average Bonchev–Trinajstić information content (AvgIpc) is 3.03. The second-order valence-corrected chi connectivity index (χ2v) is 9.16. The van der Waals surface area contributed by atoms with Crippen LogP contribution in [0.4, 0.5) is 0 Å². The maximum Gasteiger partial charge on any atom is 0.243 e. The number of hydrogen-bond donors (Lipinski definition) is 0. The molecule has 0 radical (unpaired) electrons. The van der Waals surface area contributed by atoms with Crippen LogP contribution in [0.15, 0.2) is 41.3 Å². The number of nitrogens with zero attached hydrogens (tertiary/aromatic N) is 1. The van der Waals surface area contributed by atoms with E-state index in [2.05, 4.69) is 0 Å². The van der Waals surface area contributed by atoms with Crippen molar-refractivity contribution in [2.75, 3.05) is 19.8 Å². The lowest BCUT2D eigenvalue weighted by atomic mass is 10.0. The van der Waals surface area contributed by atoms with Crippen molar-refractivity contribution in [2.45, 2.75) is 44.0 Å². The SMILES string of the molecule is Cc1ccc(C)c(S(=O)(=O)N2CCC[C@@H]2c2ccc3c(c2)OCCCO3)c1. The van der Waals surface area contributed by atoms with Gasteiger partial charge in [-0.2, -0.15) is 4.31 Å². The van der Waals surface area contributed by atoms with E-state index in [1.54, 1.807) is 10.4 Å². The maximum absolute atomic E-state index is 13.4. The summed E-state index contributed by atoms with van der Waals surface area (Å²) in [6.07, 6.45) is 2.51. The van der Waals surface area contributed by atoms with E-state index in [0.717, 1.165) is 41.7 Å². The molecule has 0 bridgehead atoms. The van der Waals surface area contributed by atoms with Crippen LogP contribution in [0.1, 0.15) is 42.0 Å². The van der Waals surface area contributed by atoms with Gasteiger partial charge in [0.1, 0.15) is 0 Å². The van der Waals surface area contributed by atoms with E-state index >= 15 is 0 Å². The van der Waals surface area contributed by atoms with Gasteiger partial charge in [-0.1, -0.05) is 18.2 Å². The predicted molar refractivity (Wildman–Crippen MR) is 104 cm³/mol. The van der Waals surface area contributed by atoms with Gasteiger partial charge in [0.2, 0.25) is 10.0 Å². The van der Waals surface area contributed by atoms with Gasteiger partial charge in [0.15, 0.2) is 11.5 Å². The summed E-state index contributed by atoms with van der Waals surface area (Å²) >= 11 is 0. The summed E-state index contributed by atoms with van der Waals surface area (Å²) in [5, 5.41) is 0.